The van der Waals surface area contributed by atoms with Gasteiger partial charge >= 0.3 is 6.03 Å². The first kappa shape index (κ1) is 13.1. The summed E-state index contributed by atoms with van der Waals surface area (Å²) in [6.07, 6.45) is 6.60. The minimum atomic E-state index is 0.0917. The average Bonchev–Trinajstić information content (AvgIpc) is 3.09. The third-order valence-corrected chi connectivity index (χ3v) is 4.72. The van der Waals surface area contributed by atoms with E-state index in [1.165, 1.54) is 12.8 Å². The van der Waals surface area contributed by atoms with Crippen LogP contribution in [0, 0.1) is 0 Å². The zero-order valence-corrected chi connectivity index (χ0v) is 12.3. The number of piperidine rings is 1. The lowest BCUT2D eigenvalue weighted by Crippen LogP contribution is -2.48. The molecule has 2 saturated heterocycles. The molecule has 2 aliphatic heterocycles. The monoisotopic (exact) mass is 290 g/mol. The van der Waals surface area contributed by atoms with Gasteiger partial charge < -0.3 is 14.6 Å². The van der Waals surface area contributed by atoms with Gasteiger partial charge in [-0.2, -0.15) is 0 Å². The molecule has 3 fully saturated rings. The maximum Gasteiger partial charge on any atom is 0.317 e. The second-order valence-electron chi connectivity index (χ2n) is 6.39. The van der Waals surface area contributed by atoms with Gasteiger partial charge in [-0.05, 0) is 32.2 Å². The highest BCUT2D eigenvalue weighted by Crippen LogP contribution is 2.40. The van der Waals surface area contributed by atoms with E-state index in [9.17, 15) is 4.79 Å². The van der Waals surface area contributed by atoms with Crippen LogP contribution in [-0.4, -0.2) is 53.0 Å². The fourth-order valence-corrected chi connectivity index (χ4v) is 3.41. The van der Waals surface area contributed by atoms with Crippen LogP contribution < -0.4 is 5.32 Å². The molecule has 0 radical (unpaired) electrons. The number of carbonyl (C=O) groups is 1. The summed E-state index contributed by atoms with van der Waals surface area (Å²) in [5.74, 6) is 2.49. The average molecular weight is 290 g/mol. The molecular weight excluding hydrogens is 268 g/mol. The lowest BCUT2D eigenvalue weighted by atomic mass is 10.0. The van der Waals surface area contributed by atoms with Gasteiger partial charge in [0.2, 0.25) is 5.89 Å². The van der Waals surface area contributed by atoms with Crippen molar-refractivity contribution in [2.24, 2.45) is 0 Å². The molecule has 1 aromatic heterocycles. The first-order valence-electron chi connectivity index (χ1n) is 8.01. The quantitative estimate of drug-likeness (QED) is 0.914. The molecule has 3 aliphatic rings. The normalized spacial score (nSPS) is 27.1. The molecule has 114 valence electrons. The molecule has 1 atom stereocenters. The number of amides is 2. The topological polar surface area (TPSA) is 61.6 Å². The van der Waals surface area contributed by atoms with Gasteiger partial charge in [0.05, 0.1) is 12.7 Å². The Hall–Kier alpha value is -1.56. The van der Waals surface area contributed by atoms with Crippen molar-refractivity contribution in [3.8, 4) is 0 Å². The molecule has 0 aromatic carbocycles. The molecule has 0 spiro atoms. The highest BCUT2D eigenvalue weighted by atomic mass is 16.4. The van der Waals surface area contributed by atoms with E-state index in [1.54, 1.807) is 0 Å². The van der Waals surface area contributed by atoms with Crippen LogP contribution in [-0.2, 0) is 6.54 Å². The fourth-order valence-electron chi connectivity index (χ4n) is 3.41. The van der Waals surface area contributed by atoms with E-state index in [-0.39, 0.29) is 6.03 Å². The molecular formula is C15H22N4O2. The molecule has 2 amide bonds. The van der Waals surface area contributed by atoms with Gasteiger partial charge in [-0.3, -0.25) is 4.90 Å². The Balaban J connectivity index is 1.37. The number of hydrogen-bond acceptors (Lipinski definition) is 4. The van der Waals surface area contributed by atoms with Crippen molar-refractivity contribution in [1.29, 1.82) is 0 Å². The molecule has 6 heteroatoms. The fraction of sp³-hybridized carbons (Fsp3) is 0.733. The summed E-state index contributed by atoms with van der Waals surface area (Å²) in [4.78, 5) is 20.5. The first-order chi connectivity index (χ1) is 10.3. The molecule has 1 aliphatic carbocycles. The van der Waals surface area contributed by atoms with Crippen LogP contribution in [0.3, 0.4) is 0 Å². The predicted octanol–water partition coefficient (Wildman–Crippen LogP) is 1.54. The molecule has 1 aromatic rings. The largest absolute Gasteiger partial charge is 0.444 e. The Morgan fingerprint density at radius 3 is 3.00 bits per heavy atom. The summed E-state index contributed by atoms with van der Waals surface area (Å²) < 4.78 is 5.85. The van der Waals surface area contributed by atoms with Crippen LogP contribution in [0.15, 0.2) is 10.6 Å². The smallest absolute Gasteiger partial charge is 0.317 e. The summed E-state index contributed by atoms with van der Waals surface area (Å²) in [7, 11) is 0. The summed E-state index contributed by atoms with van der Waals surface area (Å²) >= 11 is 0. The Morgan fingerprint density at radius 2 is 2.24 bits per heavy atom. The third-order valence-electron chi connectivity index (χ3n) is 4.72. The van der Waals surface area contributed by atoms with E-state index in [4.69, 9.17) is 4.42 Å². The molecule has 0 bridgehead atoms. The van der Waals surface area contributed by atoms with Crippen molar-refractivity contribution in [2.45, 2.75) is 44.2 Å². The molecule has 1 N–H and O–H groups in total. The first-order valence-corrected chi connectivity index (χ1v) is 8.01. The Kier molecular flexibility index (Phi) is 3.33. The van der Waals surface area contributed by atoms with Gasteiger partial charge in [0, 0.05) is 31.6 Å². The van der Waals surface area contributed by atoms with E-state index in [0.717, 1.165) is 57.2 Å². The number of nitrogens with one attached hydrogen (secondary N) is 1. The van der Waals surface area contributed by atoms with Crippen molar-refractivity contribution in [3.63, 3.8) is 0 Å². The molecule has 21 heavy (non-hydrogen) atoms. The number of rotatable bonds is 4. The van der Waals surface area contributed by atoms with Gasteiger partial charge in [0.15, 0.2) is 0 Å². The maximum atomic E-state index is 11.8. The number of likely N-dealkylation sites (tertiary alicyclic amines) is 1. The molecule has 4 rings (SSSR count). The Morgan fingerprint density at radius 1 is 1.33 bits per heavy atom. The van der Waals surface area contributed by atoms with Crippen LogP contribution in [0.1, 0.15) is 43.3 Å². The Labute approximate surface area is 124 Å². The summed E-state index contributed by atoms with van der Waals surface area (Å²) in [5, 5.41) is 2.89. The zero-order valence-electron chi connectivity index (χ0n) is 12.3. The van der Waals surface area contributed by atoms with Gasteiger partial charge in [0.1, 0.15) is 5.76 Å². The van der Waals surface area contributed by atoms with Crippen LogP contribution in [0.4, 0.5) is 4.79 Å². The summed E-state index contributed by atoms with van der Waals surface area (Å²) in [6.45, 7) is 4.36. The van der Waals surface area contributed by atoms with Crippen molar-refractivity contribution >= 4 is 6.03 Å². The molecule has 1 saturated carbocycles. The summed E-state index contributed by atoms with van der Waals surface area (Å²) in [5.41, 5.74) is 0. The molecule has 6 nitrogen and oxygen atoms in total. The van der Waals surface area contributed by atoms with Crippen molar-refractivity contribution in [3.05, 3.63) is 17.8 Å². The van der Waals surface area contributed by atoms with Gasteiger partial charge in [0.25, 0.3) is 0 Å². The summed E-state index contributed by atoms with van der Waals surface area (Å²) in [6, 6.07) is 0.424. The van der Waals surface area contributed by atoms with E-state index in [2.05, 4.69) is 15.2 Å². The van der Waals surface area contributed by atoms with Crippen LogP contribution >= 0.6 is 0 Å². The number of aromatic nitrogens is 1. The number of nitrogens with zero attached hydrogens (tertiary/aromatic N) is 3. The van der Waals surface area contributed by atoms with Crippen LogP contribution in [0.5, 0.6) is 0 Å². The van der Waals surface area contributed by atoms with Crippen LogP contribution in [0.25, 0.3) is 0 Å². The van der Waals surface area contributed by atoms with Crippen molar-refractivity contribution < 1.29 is 9.21 Å². The minimum absolute atomic E-state index is 0.0917. The molecule has 1 unspecified atom stereocenters. The number of urea groups is 1. The van der Waals surface area contributed by atoms with Gasteiger partial charge in [-0.15, -0.1) is 0 Å². The zero-order chi connectivity index (χ0) is 14.2. The van der Waals surface area contributed by atoms with Crippen molar-refractivity contribution in [1.82, 2.24) is 20.1 Å². The molecule has 3 heterocycles. The number of oxazole rings is 1. The second-order valence-corrected chi connectivity index (χ2v) is 6.39. The highest BCUT2D eigenvalue weighted by molar-refractivity contribution is 5.76. The number of hydrogen-bond donors (Lipinski definition) is 1. The van der Waals surface area contributed by atoms with Gasteiger partial charge in [-0.25, -0.2) is 9.78 Å². The van der Waals surface area contributed by atoms with E-state index < -0.39 is 0 Å². The lowest BCUT2D eigenvalue weighted by molar-refractivity contribution is 0.115. The second kappa shape index (κ2) is 5.33. The van der Waals surface area contributed by atoms with Crippen molar-refractivity contribution in [2.75, 3.05) is 26.2 Å². The maximum absolute atomic E-state index is 11.8. The lowest BCUT2D eigenvalue weighted by Gasteiger charge is -2.36. The SMILES string of the molecule is O=C1NCCN1C1CCCN(Cc2ncc(C3CC3)o2)C1. The minimum Gasteiger partial charge on any atom is -0.444 e. The van der Waals surface area contributed by atoms with E-state index >= 15 is 0 Å². The number of carbonyl (C=O) groups excluding carboxylic acids is 1. The third kappa shape index (κ3) is 2.77. The van der Waals surface area contributed by atoms with E-state index in [0.29, 0.717) is 12.0 Å². The Bertz CT molecular complexity index is 525. The van der Waals surface area contributed by atoms with Crippen LogP contribution in [0.2, 0.25) is 0 Å². The highest BCUT2D eigenvalue weighted by Gasteiger charge is 2.32. The predicted molar refractivity (Wildman–Crippen MR) is 76.9 cm³/mol. The van der Waals surface area contributed by atoms with E-state index in [1.807, 2.05) is 11.1 Å². The standard InChI is InChI=1S/C15H22N4O2/c20-15-16-5-7-19(15)12-2-1-6-18(9-12)10-14-17-8-13(21-14)11-3-4-11/h8,11-12H,1-7,9-10H2,(H,16,20). The van der Waals surface area contributed by atoms with Gasteiger partial charge in [-0.1, -0.05) is 0 Å².